The van der Waals surface area contributed by atoms with Gasteiger partial charge in [0.15, 0.2) is 11.5 Å². The SMILES string of the molecule is COc1cc(/C=N\NC(=O)CN(c2cccc(Br)c2)S(C)(=O)=O)cc(Br)c1OC. The van der Waals surface area contributed by atoms with Gasteiger partial charge >= 0.3 is 0 Å². The number of rotatable bonds is 8. The van der Waals surface area contributed by atoms with Crippen molar-refractivity contribution in [1.29, 1.82) is 0 Å². The molecule has 1 N–H and O–H groups in total. The normalized spacial score (nSPS) is 11.3. The molecule has 11 heteroatoms. The van der Waals surface area contributed by atoms with Crippen LogP contribution >= 0.6 is 31.9 Å². The largest absolute Gasteiger partial charge is 0.493 e. The number of carbonyl (C=O) groups is 1. The van der Waals surface area contributed by atoms with E-state index >= 15 is 0 Å². The summed E-state index contributed by atoms with van der Waals surface area (Å²) in [5, 5.41) is 3.89. The smallest absolute Gasteiger partial charge is 0.260 e. The van der Waals surface area contributed by atoms with Crippen molar-refractivity contribution < 1.29 is 22.7 Å². The Balaban J connectivity index is 2.12. The topological polar surface area (TPSA) is 97.3 Å². The number of halogens is 2. The minimum atomic E-state index is -3.67. The number of benzene rings is 2. The summed E-state index contributed by atoms with van der Waals surface area (Å²) in [6.45, 7) is -0.414. The van der Waals surface area contributed by atoms with E-state index in [2.05, 4.69) is 42.4 Å². The minimum Gasteiger partial charge on any atom is -0.493 e. The molecule has 0 aliphatic rings. The zero-order chi connectivity index (χ0) is 21.6. The van der Waals surface area contributed by atoms with Crippen LogP contribution in [0.2, 0.25) is 0 Å². The number of sulfonamides is 1. The van der Waals surface area contributed by atoms with Crippen molar-refractivity contribution in [3.8, 4) is 11.5 Å². The second-order valence-corrected chi connectivity index (χ2v) is 9.46. The van der Waals surface area contributed by atoms with Crippen molar-refractivity contribution in [3.63, 3.8) is 0 Å². The average molecular weight is 549 g/mol. The third-order valence-electron chi connectivity index (χ3n) is 3.64. The second-order valence-electron chi connectivity index (χ2n) is 5.78. The summed E-state index contributed by atoms with van der Waals surface area (Å²) in [5.74, 6) is 0.435. The maximum atomic E-state index is 12.2. The van der Waals surface area contributed by atoms with Crippen LogP contribution in [0, 0.1) is 0 Å². The number of ether oxygens (including phenoxy) is 2. The van der Waals surface area contributed by atoms with Crippen LogP contribution in [0.1, 0.15) is 5.56 Å². The molecule has 2 aromatic rings. The zero-order valence-corrected chi connectivity index (χ0v) is 19.8. The van der Waals surface area contributed by atoms with Gasteiger partial charge in [-0.25, -0.2) is 13.8 Å². The molecule has 156 valence electrons. The van der Waals surface area contributed by atoms with Crippen LogP contribution in [0.4, 0.5) is 5.69 Å². The predicted octanol–water partition coefficient (Wildman–Crippen LogP) is 3.15. The Morgan fingerprint density at radius 2 is 1.93 bits per heavy atom. The van der Waals surface area contributed by atoms with Crippen molar-refractivity contribution in [2.45, 2.75) is 0 Å². The first kappa shape index (κ1) is 23.2. The standard InChI is InChI=1S/C18H19Br2N3O5S/c1-27-16-8-12(7-15(20)18(16)28-2)10-21-22-17(24)11-23(29(3,25)26)14-6-4-5-13(19)9-14/h4-10H,11H2,1-3H3,(H,22,24)/b21-10-. The number of hydrogen-bond acceptors (Lipinski definition) is 6. The van der Waals surface area contributed by atoms with Gasteiger partial charge in [0.2, 0.25) is 10.0 Å². The van der Waals surface area contributed by atoms with Crippen molar-refractivity contribution in [1.82, 2.24) is 5.43 Å². The maximum Gasteiger partial charge on any atom is 0.260 e. The van der Waals surface area contributed by atoms with Crippen molar-refractivity contribution in [2.75, 3.05) is 31.3 Å². The molecule has 0 spiro atoms. The summed E-state index contributed by atoms with van der Waals surface area (Å²) in [5.41, 5.74) is 3.34. The molecule has 29 heavy (non-hydrogen) atoms. The molecule has 0 heterocycles. The highest BCUT2D eigenvalue weighted by molar-refractivity contribution is 9.10. The highest BCUT2D eigenvalue weighted by Crippen LogP contribution is 2.35. The quantitative estimate of drug-likeness (QED) is 0.404. The van der Waals surface area contributed by atoms with Crippen LogP contribution in [0.25, 0.3) is 0 Å². The molecule has 0 atom stereocenters. The van der Waals surface area contributed by atoms with Gasteiger partial charge in [-0.3, -0.25) is 9.10 Å². The first-order valence-electron chi connectivity index (χ1n) is 8.12. The summed E-state index contributed by atoms with van der Waals surface area (Å²) >= 11 is 6.67. The number of amides is 1. The lowest BCUT2D eigenvalue weighted by Gasteiger charge is -2.21. The molecule has 0 radical (unpaired) electrons. The summed E-state index contributed by atoms with van der Waals surface area (Å²) in [6, 6.07) is 10.1. The Labute approximate surface area is 186 Å². The van der Waals surface area contributed by atoms with Crippen LogP contribution < -0.4 is 19.2 Å². The minimum absolute atomic E-state index is 0.366. The lowest BCUT2D eigenvalue weighted by Crippen LogP contribution is -2.39. The lowest BCUT2D eigenvalue weighted by molar-refractivity contribution is -0.119. The lowest BCUT2D eigenvalue weighted by atomic mass is 10.2. The number of carbonyl (C=O) groups excluding carboxylic acids is 1. The molecular weight excluding hydrogens is 530 g/mol. The highest BCUT2D eigenvalue weighted by Gasteiger charge is 2.20. The molecule has 0 aliphatic heterocycles. The molecule has 0 saturated carbocycles. The van der Waals surface area contributed by atoms with E-state index < -0.39 is 22.5 Å². The molecule has 0 aromatic heterocycles. The molecule has 0 aliphatic carbocycles. The fourth-order valence-electron chi connectivity index (χ4n) is 2.39. The van der Waals surface area contributed by atoms with E-state index in [4.69, 9.17) is 9.47 Å². The van der Waals surface area contributed by atoms with Gasteiger partial charge < -0.3 is 9.47 Å². The highest BCUT2D eigenvalue weighted by atomic mass is 79.9. The first-order chi connectivity index (χ1) is 13.7. The molecular formula is C18H19Br2N3O5S. The first-order valence-corrected chi connectivity index (χ1v) is 11.6. The van der Waals surface area contributed by atoms with Crippen molar-refractivity contribution in [3.05, 3.63) is 50.9 Å². The van der Waals surface area contributed by atoms with Crippen LogP contribution in [0.3, 0.4) is 0 Å². The number of hydrogen-bond donors (Lipinski definition) is 1. The van der Waals surface area contributed by atoms with Gasteiger partial charge in [0, 0.05) is 4.47 Å². The number of anilines is 1. The molecule has 2 rings (SSSR count). The van der Waals surface area contributed by atoms with E-state index in [-0.39, 0.29) is 0 Å². The van der Waals surface area contributed by atoms with Crippen LogP contribution in [0.5, 0.6) is 11.5 Å². The summed E-state index contributed by atoms with van der Waals surface area (Å²) < 4.78 is 37.0. The molecule has 0 bridgehead atoms. The van der Waals surface area contributed by atoms with Gasteiger partial charge in [-0.15, -0.1) is 0 Å². The number of hydrazone groups is 1. The third-order valence-corrected chi connectivity index (χ3v) is 5.87. The van der Waals surface area contributed by atoms with Gasteiger partial charge in [0.1, 0.15) is 6.54 Å². The van der Waals surface area contributed by atoms with E-state index in [0.717, 1.165) is 10.6 Å². The van der Waals surface area contributed by atoms with Crippen molar-refractivity contribution in [2.24, 2.45) is 5.10 Å². The average Bonchev–Trinajstić information content (AvgIpc) is 2.64. The molecule has 0 fully saturated rings. The number of nitrogens with zero attached hydrogens (tertiary/aromatic N) is 2. The van der Waals surface area contributed by atoms with Gasteiger partial charge in [-0.05, 0) is 51.8 Å². The van der Waals surface area contributed by atoms with Crippen LogP contribution in [-0.4, -0.2) is 47.6 Å². The van der Waals surface area contributed by atoms with E-state index in [1.165, 1.54) is 20.4 Å². The van der Waals surface area contributed by atoms with Gasteiger partial charge in [0.05, 0.1) is 36.9 Å². The Bertz CT molecular complexity index is 1030. The Hall–Kier alpha value is -2.11. The fraction of sp³-hybridized carbons (Fsp3) is 0.222. The van der Waals surface area contributed by atoms with E-state index in [9.17, 15) is 13.2 Å². The maximum absolute atomic E-state index is 12.2. The predicted molar refractivity (Wildman–Crippen MR) is 119 cm³/mol. The zero-order valence-electron chi connectivity index (χ0n) is 15.8. The monoisotopic (exact) mass is 547 g/mol. The Morgan fingerprint density at radius 1 is 1.21 bits per heavy atom. The van der Waals surface area contributed by atoms with E-state index in [1.54, 1.807) is 36.4 Å². The summed E-state index contributed by atoms with van der Waals surface area (Å²) in [4.78, 5) is 12.2. The molecule has 0 unspecified atom stereocenters. The van der Waals surface area contributed by atoms with Gasteiger partial charge in [0.25, 0.3) is 5.91 Å². The van der Waals surface area contributed by atoms with Gasteiger partial charge in [-0.2, -0.15) is 5.10 Å². The fourth-order valence-corrected chi connectivity index (χ4v) is 4.25. The summed E-state index contributed by atoms with van der Waals surface area (Å²) in [6.07, 6.45) is 2.44. The Kier molecular flexibility index (Phi) is 8.05. The molecule has 2 aromatic carbocycles. The second kappa shape index (κ2) is 10.1. The van der Waals surface area contributed by atoms with Crippen LogP contribution in [-0.2, 0) is 14.8 Å². The molecule has 0 saturated heterocycles. The van der Waals surface area contributed by atoms with E-state index in [1.807, 2.05) is 0 Å². The number of nitrogens with one attached hydrogen (secondary N) is 1. The van der Waals surface area contributed by atoms with Crippen LogP contribution in [0.15, 0.2) is 50.4 Å². The third kappa shape index (κ3) is 6.44. The molecule has 8 nitrogen and oxygen atoms in total. The Morgan fingerprint density at radius 3 is 2.52 bits per heavy atom. The van der Waals surface area contributed by atoms with E-state index in [0.29, 0.717) is 31.7 Å². The summed E-state index contributed by atoms with van der Waals surface area (Å²) in [7, 11) is -0.634. The van der Waals surface area contributed by atoms with Gasteiger partial charge in [-0.1, -0.05) is 22.0 Å². The van der Waals surface area contributed by atoms with Crippen molar-refractivity contribution >= 4 is 59.7 Å². The number of methoxy groups -OCH3 is 2. The molecule has 1 amide bonds.